The molecule has 1 aliphatic rings. The number of halogens is 1. The van der Waals surface area contributed by atoms with Crippen LogP contribution in [0, 0.1) is 13.8 Å². The molecule has 1 N–H and O–H groups in total. The summed E-state index contributed by atoms with van der Waals surface area (Å²) < 4.78 is 0. The first kappa shape index (κ1) is 13.6. The summed E-state index contributed by atoms with van der Waals surface area (Å²) in [6.45, 7) is 4.12. The molecule has 1 aliphatic carbocycles. The Morgan fingerprint density at radius 3 is 2.83 bits per heavy atom. The van der Waals surface area contributed by atoms with Gasteiger partial charge < -0.3 is 5.32 Å². The van der Waals surface area contributed by atoms with Crippen molar-refractivity contribution in [2.45, 2.75) is 50.4 Å². The lowest BCUT2D eigenvalue weighted by Gasteiger charge is -2.16. The maximum Gasteiger partial charge on any atom is 0.224 e. The standard InChI is InChI=1S/C15H20BrNO/c1-10-6-7-11(2)12(8-10)9-15(18)17-14-5-3-4-13(14)16/h6-8,13-14H,3-5,9H2,1-2H3,(H,17,18). The van der Waals surface area contributed by atoms with Crippen molar-refractivity contribution in [3.8, 4) is 0 Å². The van der Waals surface area contributed by atoms with Crippen molar-refractivity contribution in [3.05, 3.63) is 34.9 Å². The van der Waals surface area contributed by atoms with Crippen molar-refractivity contribution in [1.82, 2.24) is 5.32 Å². The van der Waals surface area contributed by atoms with Gasteiger partial charge in [-0.2, -0.15) is 0 Å². The number of carbonyl (C=O) groups is 1. The van der Waals surface area contributed by atoms with Crippen molar-refractivity contribution in [3.63, 3.8) is 0 Å². The first-order valence-corrected chi connectivity index (χ1v) is 7.47. The molecular weight excluding hydrogens is 290 g/mol. The van der Waals surface area contributed by atoms with E-state index in [4.69, 9.17) is 0 Å². The van der Waals surface area contributed by atoms with Gasteiger partial charge in [0, 0.05) is 10.9 Å². The molecule has 0 bridgehead atoms. The maximum atomic E-state index is 12.0. The lowest BCUT2D eigenvalue weighted by molar-refractivity contribution is -0.121. The molecule has 0 aliphatic heterocycles. The maximum absolute atomic E-state index is 12.0. The highest BCUT2D eigenvalue weighted by Gasteiger charge is 2.26. The number of hydrogen-bond acceptors (Lipinski definition) is 1. The van der Waals surface area contributed by atoms with Gasteiger partial charge in [0.2, 0.25) is 5.91 Å². The minimum absolute atomic E-state index is 0.139. The summed E-state index contributed by atoms with van der Waals surface area (Å²) in [4.78, 5) is 12.5. The Labute approximate surface area is 117 Å². The third-order valence-corrected chi connectivity index (χ3v) is 4.73. The van der Waals surface area contributed by atoms with Gasteiger partial charge in [-0.1, -0.05) is 46.1 Å². The summed E-state index contributed by atoms with van der Waals surface area (Å²) in [5.41, 5.74) is 3.54. The summed E-state index contributed by atoms with van der Waals surface area (Å²) >= 11 is 3.63. The van der Waals surface area contributed by atoms with Gasteiger partial charge in [0.25, 0.3) is 0 Å². The average molecular weight is 310 g/mol. The van der Waals surface area contributed by atoms with Crippen molar-refractivity contribution in [1.29, 1.82) is 0 Å². The van der Waals surface area contributed by atoms with E-state index in [9.17, 15) is 4.79 Å². The normalized spacial score (nSPS) is 23.1. The summed E-state index contributed by atoms with van der Waals surface area (Å²) in [6.07, 6.45) is 3.94. The van der Waals surface area contributed by atoms with Crippen LogP contribution >= 0.6 is 15.9 Å². The van der Waals surface area contributed by atoms with Gasteiger partial charge in [-0.3, -0.25) is 4.79 Å². The zero-order valence-electron chi connectivity index (χ0n) is 11.0. The van der Waals surface area contributed by atoms with E-state index in [1.165, 1.54) is 17.5 Å². The topological polar surface area (TPSA) is 29.1 Å². The van der Waals surface area contributed by atoms with Crippen LogP contribution < -0.4 is 5.32 Å². The van der Waals surface area contributed by atoms with Gasteiger partial charge >= 0.3 is 0 Å². The predicted octanol–water partition coefficient (Wildman–Crippen LogP) is 3.28. The van der Waals surface area contributed by atoms with Gasteiger partial charge in [0.05, 0.1) is 6.42 Å². The highest BCUT2D eigenvalue weighted by atomic mass is 79.9. The third kappa shape index (κ3) is 3.35. The third-order valence-electron chi connectivity index (χ3n) is 3.63. The minimum atomic E-state index is 0.139. The molecule has 98 valence electrons. The van der Waals surface area contributed by atoms with Crippen molar-refractivity contribution < 1.29 is 4.79 Å². The van der Waals surface area contributed by atoms with Crippen LogP contribution in [0.5, 0.6) is 0 Å². The number of nitrogens with one attached hydrogen (secondary N) is 1. The Kier molecular flexibility index (Phi) is 4.44. The summed E-state index contributed by atoms with van der Waals surface area (Å²) in [5, 5.41) is 3.14. The first-order chi connectivity index (χ1) is 8.56. The molecule has 0 saturated heterocycles. The van der Waals surface area contributed by atoms with Crippen LogP contribution in [0.15, 0.2) is 18.2 Å². The molecule has 0 radical (unpaired) electrons. The Morgan fingerprint density at radius 2 is 2.17 bits per heavy atom. The lowest BCUT2D eigenvalue weighted by Crippen LogP contribution is -2.38. The molecule has 1 amide bonds. The van der Waals surface area contributed by atoms with Crippen molar-refractivity contribution >= 4 is 21.8 Å². The fourth-order valence-corrected chi connectivity index (χ4v) is 3.22. The zero-order chi connectivity index (χ0) is 13.1. The van der Waals surface area contributed by atoms with Crippen molar-refractivity contribution in [2.75, 3.05) is 0 Å². The number of aryl methyl sites for hydroxylation is 2. The largest absolute Gasteiger partial charge is 0.352 e. The Balaban J connectivity index is 1.96. The van der Waals surface area contributed by atoms with E-state index in [1.807, 2.05) is 0 Å². The second-order valence-corrected chi connectivity index (χ2v) is 6.40. The van der Waals surface area contributed by atoms with E-state index < -0.39 is 0 Å². The molecule has 2 nitrogen and oxygen atoms in total. The monoisotopic (exact) mass is 309 g/mol. The number of benzene rings is 1. The van der Waals surface area contributed by atoms with Crippen LogP contribution in [-0.4, -0.2) is 16.8 Å². The average Bonchev–Trinajstić information content (AvgIpc) is 2.70. The molecule has 1 fully saturated rings. The van der Waals surface area contributed by atoms with Crippen LogP contribution in [0.3, 0.4) is 0 Å². The summed E-state index contributed by atoms with van der Waals surface area (Å²) in [7, 11) is 0. The van der Waals surface area contributed by atoms with Gasteiger partial charge in [-0.15, -0.1) is 0 Å². The second kappa shape index (κ2) is 5.87. The van der Waals surface area contributed by atoms with Gasteiger partial charge in [0.15, 0.2) is 0 Å². The number of hydrogen-bond donors (Lipinski definition) is 1. The number of carbonyl (C=O) groups excluding carboxylic acids is 1. The van der Waals surface area contributed by atoms with E-state index in [0.29, 0.717) is 17.3 Å². The number of amides is 1. The first-order valence-electron chi connectivity index (χ1n) is 6.56. The van der Waals surface area contributed by atoms with E-state index in [-0.39, 0.29) is 5.91 Å². The second-order valence-electron chi connectivity index (χ2n) is 5.23. The number of rotatable bonds is 3. The van der Waals surface area contributed by atoms with E-state index in [0.717, 1.165) is 18.4 Å². The highest BCUT2D eigenvalue weighted by Crippen LogP contribution is 2.25. The highest BCUT2D eigenvalue weighted by molar-refractivity contribution is 9.09. The molecule has 2 unspecified atom stereocenters. The zero-order valence-corrected chi connectivity index (χ0v) is 12.6. The van der Waals surface area contributed by atoms with Crippen LogP contribution in [0.4, 0.5) is 0 Å². The van der Waals surface area contributed by atoms with Gasteiger partial charge in [-0.25, -0.2) is 0 Å². The lowest BCUT2D eigenvalue weighted by atomic mass is 10.0. The SMILES string of the molecule is Cc1ccc(C)c(CC(=O)NC2CCCC2Br)c1. The van der Waals surface area contributed by atoms with Crippen LogP contribution in [0.25, 0.3) is 0 Å². The molecule has 2 atom stereocenters. The van der Waals surface area contributed by atoms with E-state index >= 15 is 0 Å². The minimum Gasteiger partial charge on any atom is -0.352 e. The molecular formula is C15H20BrNO. The molecule has 1 aromatic carbocycles. The molecule has 0 spiro atoms. The van der Waals surface area contributed by atoms with Crippen LogP contribution in [0.1, 0.15) is 36.0 Å². The van der Waals surface area contributed by atoms with Gasteiger partial charge in [0.1, 0.15) is 0 Å². The Bertz CT molecular complexity index is 444. The summed E-state index contributed by atoms with van der Waals surface area (Å²) in [6, 6.07) is 6.58. The molecule has 18 heavy (non-hydrogen) atoms. The molecule has 2 rings (SSSR count). The van der Waals surface area contributed by atoms with Crippen LogP contribution in [-0.2, 0) is 11.2 Å². The Morgan fingerprint density at radius 1 is 1.39 bits per heavy atom. The smallest absolute Gasteiger partial charge is 0.224 e. The fourth-order valence-electron chi connectivity index (χ4n) is 2.50. The van der Waals surface area contributed by atoms with E-state index in [1.54, 1.807) is 0 Å². The number of alkyl halides is 1. The van der Waals surface area contributed by atoms with Crippen molar-refractivity contribution in [2.24, 2.45) is 0 Å². The predicted molar refractivity (Wildman–Crippen MR) is 78.1 cm³/mol. The molecule has 0 aromatic heterocycles. The van der Waals surface area contributed by atoms with E-state index in [2.05, 4.69) is 53.3 Å². The quantitative estimate of drug-likeness (QED) is 0.853. The molecule has 0 heterocycles. The molecule has 1 aromatic rings. The summed E-state index contributed by atoms with van der Waals surface area (Å²) in [5.74, 6) is 0.139. The van der Waals surface area contributed by atoms with Gasteiger partial charge in [-0.05, 0) is 37.8 Å². The van der Waals surface area contributed by atoms with Crippen LogP contribution in [0.2, 0.25) is 0 Å². The fraction of sp³-hybridized carbons (Fsp3) is 0.533. The molecule has 1 saturated carbocycles. The Hall–Kier alpha value is -0.830. The molecule has 3 heteroatoms.